The SMILES string of the molecule is CCNC(=O)Oc1c(C)cccc1N. The molecule has 0 aliphatic heterocycles. The van der Waals surface area contributed by atoms with E-state index in [9.17, 15) is 4.79 Å². The van der Waals surface area contributed by atoms with Crippen LogP contribution >= 0.6 is 0 Å². The van der Waals surface area contributed by atoms with E-state index in [2.05, 4.69) is 5.32 Å². The van der Waals surface area contributed by atoms with Crippen LogP contribution in [0.2, 0.25) is 0 Å². The van der Waals surface area contributed by atoms with Gasteiger partial charge in [0.1, 0.15) is 0 Å². The minimum atomic E-state index is -0.478. The Morgan fingerprint density at radius 3 is 2.86 bits per heavy atom. The quantitative estimate of drug-likeness (QED) is 0.704. The normalized spacial score (nSPS) is 9.57. The Labute approximate surface area is 83.1 Å². The van der Waals surface area contributed by atoms with Gasteiger partial charge < -0.3 is 15.8 Å². The van der Waals surface area contributed by atoms with Crippen molar-refractivity contribution >= 4 is 11.8 Å². The predicted octanol–water partition coefficient (Wildman–Crippen LogP) is 1.69. The van der Waals surface area contributed by atoms with E-state index < -0.39 is 6.09 Å². The van der Waals surface area contributed by atoms with E-state index >= 15 is 0 Å². The molecule has 0 atom stereocenters. The van der Waals surface area contributed by atoms with Gasteiger partial charge in [-0.05, 0) is 25.5 Å². The van der Waals surface area contributed by atoms with Gasteiger partial charge in [-0.3, -0.25) is 0 Å². The number of nitrogen functional groups attached to an aromatic ring is 1. The lowest BCUT2D eigenvalue weighted by molar-refractivity contribution is 0.201. The lowest BCUT2D eigenvalue weighted by Crippen LogP contribution is -2.26. The maximum atomic E-state index is 11.1. The molecule has 0 radical (unpaired) electrons. The number of carbonyl (C=O) groups excluding carboxylic acids is 1. The van der Waals surface area contributed by atoms with Gasteiger partial charge in [0.15, 0.2) is 5.75 Å². The Hall–Kier alpha value is -1.71. The first-order valence-corrected chi connectivity index (χ1v) is 4.46. The van der Waals surface area contributed by atoms with Gasteiger partial charge in [0.2, 0.25) is 0 Å². The summed E-state index contributed by atoms with van der Waals surface area (Å²) in [5.41, 5.74) is 6.97. The number of benzene rings is 1. The molecule has 3 N–H and O–H groups in total. The second-order valence-electron chi connectivity index (χ2n) is 2.91. The van der Waals surface area contributed by atoms with E-state index in [0.717, 1.165) is 5.56 Å². The van der Waals surface area contributed by atoms with E-state index in [1.807, 2.05) is 26.0 Å². The fraction of sp³-hybridized carbons (Fsp3) is 0.300. The molecular weight excluding hydrogens is 180 g/mol. The third-order valence-electron chi connectivity index (χ3n) is 1.76. The molecule has 76 valence electrons. The number of hydrogen-bond donors (Lipinski definition) is 2. The molecule has 1 amide bonds. The maximum absolute atomic E-state index is 11.1. The molecule has 0 bridgehead atoms. The molecule has 0 aliphatic rings. The fourth-order valence-corrected chi connectivity index (χ4v) is 1.09. The van der Waals surface area contributed by atoms with Crippen LogP contribution in [0.5, 0.6) is 5.75 Å². The van der Waals surface area contributed by atoms with Crippen LogP contribution in [0.1, 0.15) is 12.5 Å². The number of nitrogens with one attached hydrogen (secondary N) is 1. The number of hydrogen-bond acceptors (Lipinski definition) is 3. The summed E-state index contributed by atoms with van der Waals surface area (Å²) in [5.74, 6) is 0.429. The molecule has 4 heteroatoms. The zero-order valence-corrected chi connectivity index (χ0v) is 8.33. The molecule has 0 unspecified atom stereocenters. The van der Waals surface area contributed by atoms with Crippen LogP contribution in [-0.4, -0.2) is 12.6 Å². The summed E-state index contributed by atoms with van der Waals surface area (Å²) < 4.78 is 5.04. The van der Waals surface area contributed by atoms with Gasteiger partial charge in [0.05, 0.1) is 5.69 Å². The second kappa shape index (κ2) is 4.50. The molecule has 1 aromatic rings. The number of nitrogens with two attached hydrogens (primary N) is 1. The highest BCUT2D eigenvalue weighted by Gasteiger charge is 2.08. The third-order valence-corrected chi connectivity index (χ3v) is 1.76. The van der Waals surface area contributed by atoms with Crippen LogP contribution in [0.4, 0.5) is 10.5 Å². The topological polar surface area (TPSA) is 64.3 Å². The minimum Gasteiger partial charge on any atom is -0.408 e. The molecule has 0 saturated heterocycles. The van der Waals surface area contributed by atoms with Crippen molar-refractivity contribution in [3.8, 4) is 5.75 Å². The Bertz CT molecular complexity index is 317. The van der Waals surface area contributed by atoms with Crippen LogP contribution in [0.15, 0.2) is 18.2 Å². The summed E-state index contributed by atoms with van der Waals surface area (Å²) in [6.07, 6.45) is -0.478. The van der Waals surface area contributed by atoms with Crippen LogP contribution in [-0.2, 0) is 0 Å². The molecule has 0 fully saturated rings. The highest BCUT2D eigenvalue weighted by molar-refractivity contribution is 5.73. The van der Waals surface area contributed by atoms with Crippen molar-refractivity contribution in [3.05, 3.63) is 23.8 Å². The molecule has 1 aromatic carbocycles. The van der Waals surface area contributed by atoms with Crippen molar-refractivity contribution in [2.45, 2.75) is 13.8 Å². The number of amides is 1. The van der Waals surface area contributed by atoms with Crippen molar-refractivity contribution in [2.24, 2.45) is 0 Å². The lowest BCUT2D eigenvalue weighted by Gasteiger charge is -2.09. The number of aryl methyl sites for hydroxylation is 1. The molecule has 14 heavy (non-hydrogen) atoms. The van der Waals surface area contributed by atoms with Gasteiger partial charge in [-0.15, -0.1) is 0 Å². The standard InChI is InChI=1S/C10H14N2O2/c1-3-12-10(13)14-9-7(2)5-4-6-8(9)11/h4-6H,3,11H2,1-2H3,(H,12,13). The lowest BCUT2D eigenvalue weighted by atomic mass is 10.2. The van der Waals surface area contributed by atoms with Gasteiger partial charge in [-0.1, -0.05) is 12.1 Å². The fourth-order valence-electron chi connectivity index (χ4n) is 1.09. The molecule has 0 heterocycles. The van der Waals surface area contributed by atoms with Crippen molar-refractivity contribution in [1.82, 2.24) is 5.32 Å². The van der Waals surface area contributed by atoms with E-state index in [-0.39, 0.29) is 0 Å². The van der Waals surface area contributed by atoms with E-state index in [1.54, 1.807) is 6.07 Å². The van der Waals surface area contributed by atoms with Crippen molar-refractivity contribution in [2.75, 3.05) is 12.3 Å². The average Bonchev–Trinajstić information content (AvgIpc) is 2.12. The van der Waals surface area contributed by atoms with E-state index in [1.165, 1.54) is 0 Å². The van der Waals surface area contributed by atoms with E-state index in [0.29, 0.717) is 18.0 Å². The molecule has 0 aromatic heterocycles. The zero-order chi connectivity index (χ0) is 10.6. The van der Waals surface area contributed by atoms with Gasteiger partial charge in [0.25, 0.3) is 0 Å². The summed E-state index contributed by atoms with van der Waals surface area (Å²) in [6, 6.07) is 5.35. The Kier molecular flexibility index (Phi) is 3.34. The maximum Gasteiger partial charge on any atom is 0.412 e. The van der Waals surface area contributed by atoms with E-state index in [4.69, 9.17) is 10.5 Å². The predicted molar refractivity (Wildman–Crippen MR) is 55.3 cm³/mol. The first kappa shape index (κ1) is 10.4. The summed E-state index contributed by atoms with van der Waals surface area (Å²) in [7, 11) is 0. The summed E-state index contributed by atoms with van der Waals surface area (Å²) in [4.78, 5) is 11.1. The Balaban J connectivity index is 2.80. The largest absolute Gasteiger partial charge is 0.412 e. The monoisotopic (exact) mass is 194 g/mol. The molecule has 0 saturated carbocycles. The number of anilines is 1. The van der Waals surface area contributed by atoms with Crippen molar-refractivity contribution in [1.29, 1.82) is 0 Å². The first-order valence-electron chi connectivity index (χ1n) is 4.46. The minimum absolute atomic E-state index is 0.429. The summed E-state index contributed by atoms with van der Waals surface area (Å²) >= 11 is 0. The third kappa shape index (κ3) is 2.39. The summed E-state index contributed by atoms with van der Waals surface area (Å²) in [5, 5.41) is 2.53. The molecule has 4 nitrogen and oxygen atoms in total. The number of rotatable bonds is 2. The number of carbonyl (C=O) groups is 1. The number of ether oxygens (including phenoxy) is 1. The Morgan fingerprint density at radius 1 is 1.57 bits per heavy atom. The second-order valence-corrected chi connectivity index (χ2v) is 2.91. The molecular formula is C10H14N2O2. The van der Waals surface area contributed by atoms with Gasteiger partial charge >= 0.3 is 6.09 Å². The van der Waals surface area contributed by atoms with Gasteiger partial charge in [0, 0.05) is 6.54 Å². The van der Waals surface area contributed by atoms with Gasteiger partial charge in [-0.25, -0.2) is 4.79 Å². The molecule has 0 spiro atoms. The van der Waals surface area contributed by atoms with Crippen molar-refractivity contribution < 1.29 is 9.53 Å². The number of para-hydroxylation sites is 1. The van der Waals surface area contributed by atoms with Crippen LogP contribution in [0.3, 0.4) is 0 Å². The van der Waals surface area contributed by atoms with Crippen LogP contribution < -0.4 is 15.8 Å². The van der Waals surface area contributed by atoms with Crippen LogP contribution in [0.25, 0.3) is 0 Å². The Morgan fingerprint density at radius 2 is 2.29 bits per heavy atom. The van der Waals surface area contributed by atoms with Crippen LogP contribution in [0, 0.1) is 6.92 Å². The smallest absolute Gasteiger partial charge is 0.408 e. The average molecular weight is 194 g/mol. The zero-order valence-electron chi connectivity index (χ0n) is 8.33. The molecule has 1 rings (SSSR count). The highest BCUT2D eigenvalue weighted by atomic mass is 16.6. The summed E-state index contributed by atoms with van der Waals surface area (Å²) in [6.45, 7) is 4.19. The molecule has 0 aliphatic carbocycles. The first-order chi connectivity index (χ1) is 6.65. The highest BCUT2D eigenvalue weighted by Crippen LogP contribution is 2.25. The van der Waals surface area contributed by atoms with Crippen molar-refractivity contribution in [3.63, 3.8) is 0 Å². The van der Waals surface area contributed by atoms with Gasteiger partial charge in [-0.2, -0.15) is 0 Å².